The Morgan fingerprint density at radius 2 is 1.63 bits per heavy atom. The molecule has 1 rings (SSSR count). The van der Waals surface area contributed by atoms with Crippen LogP contribution in [-0.2, 0) is 9.59 Å². The number of carboxylic acid groups (broad SMARTS) is 2. The van der Waals surface area contributed by atoms with Gasteiger partial charge in [-0.15, -0.1) is 0 Å². The van der Waals surface area contributed by atoms with Gasteiger partial charge < -0.3 is 20.2 Å². The van der Waals surface area contributed by atoms with Crippen LogP contribution in [0.15, 0.2) is 22.7 Å². The molecule has 0 heterocycles. The molecule has 0 aliphatic carbocycles. The number of phenols is 1. The molecule has 0 aliphatic heterocycles. The van der Waals surface area contributed by atoms with Crippen molar-refractivity contribution in [1.29, 1.82) is 0 Å². The first kappa shape index (κ1) is 15.0. The molecule has 0 spiro atoms. The number of benzene rings is 1. The van der Waals surface area contributed by atoms with Gasteiger partial charge in [0.25, 0.3) is 5.91 Å². The zero-order chi connectivity index (χ0) is 14.6. The summed E-state index contributed by atoms with van der Waals surface area (Å²) in [5.41, 5.74) is -0.170. The van der Waals surface area contributed by atoms with Crippen LogP contribution >= 0.6 is 15.9 Å². The maximum Gasteiger partial charge on any atom is 0.323 e. The average molecular weight is 332 g/mol. The van der Waals surface area contributed by atoms with Gasteiger partial charge in [-0.25, -0.2) is 0 Å². The first-order valence-corrected chi connectivity index (χ1v) is 5.82. The van der Waals surface area contributed by atoms with Crippen molar-refractivity contribution in [2.45, 2.75) is 0 Å². The molecular formula is C11H10BrNO6. The summed E-state index contributed by atoms with van der Waals surface area (Å²) in [6.45, 7) is -1.53. The summed E-state index contributed by atoms with van der Waals surface area (Å²) >= 11 is 3.10. The van der Waals surface area contributed by atoms with Gasteiger partial charge in [-0.05, 0) is 18.2 Å². The van der Waals surface area contributed by atoms with E-state index in [4.69, 9.17) is 10.2 Å². The average Bonchev–Trinajstić information content (AvgIpc) is 2.29. The molecule has 1 aromatic rings. The van der Waals surface area contributed by atoms with Crippen LogP contribution in [0.2, 0.25) is 0 Å². The Labute approximate surface area is 116 Å². The van der Waals surface area contributed by atoms with Gasteiger partial charge in [-0.3, -0.25) is 14.4 Å². The molecular weight excluding hydrogens is 322 g/mol. The smallest absolute Gasteiger partial charge is 0.323 e. The normalized spacial score (nSPS) is 9.95. The lowest BCUT2D eigenvalue weighted by Crippen LogP contribution is -2.39. The Hall–Kier alpha value is -2.09. The molecule has 0 saturated heterocycles. The van der Waals surface area contributed by atoms with Crippen LogP contribution in [0.4, 0.5) is 0 Å². The molecule has 0 bridgehead atoms. The SMILES string of the molecule is O=C(O)CN(CC(=O)O)C(=O)c1cc(Br)ccc1O. The third kappa shape index (κ3) is 4.25. The van der Waals surface area contributed by atoms with E-state index < -0.39 is 30.9 Å². The number of amides is 1. The monoisotopic (exact) mass is 331 g/mol. The number of carboxylic acids is 2. The largest absolute Gasteiger partial charge is 0.507 e. The first-order valence-electron chi connectivity index (χ1n) is 5.02. The number of phenolic OH excluding ortho intramolecular Hbond substituents is 1. The summed E-state index contributed by atoms with van der Waals surface area (Å²) in [4.78, 5) is 33.9. The van der Waals surface area contributed by atoms with Gasteiger partial charge in [-0.1, -0.05) is 15.9 Å². The van der Waals surface area contributed by atoms with Crippen molar-refractivity contribution in [2.75, 3.05) is 13.1 Å². The summed E-state index contributed by atoms with van der Waals surface area (Å²) < 4.78 is 0.499. The van der Waals surface area contributed by atoms with Crippen LogP contribution in [0.3, 0.4) is 0 Å². The van der Waals surface area contributed by atoms with Gasteiger partial charge >= 0.3 is 11.9 Å². The van der Waals surface area contributed by atoms with Crippen molar-refractivity contribution in [1.82, 2.24) is 4.90 Å². The molecule has 102 valence electrons. The lowest BCUT2D eigenvalue weighted by atomic mass is 10.1. The van der Waals surface area contributed by atoms with Gasteiger partial charge in [0, 0.05) is 4.47 Å². The van der Waals surface area contributed by atoms with E-state index >= 15 is 0 Å². The third-order valence-corrected chi connectivity index (χ3v) is 2.62. The number of hydrogen-bond donors (Lipinski definition) is 3. The number of rotatable bonds is 5. The van der Waals surface area contributed by atoms with Crippen LogP contribution in [-0.4, -0.2) is 51.2 Å². The Morgan fingerprint density at radius 3 is 2.11 bits per heavy atom. The molecule has 3 N–H and O–H groups in total. The summed E-state index contributed by atoms with van der Waals surface area (Å²) in [5.74, 6) is -3.91. The highest BCUT2D eigenvalue weighted by Gasteiger charge is 2.23. The quantitative estimate of drug-likeness (QED) is 0.733. The summed E-state index contributed by atoms with van der Waals surface area (Å²) in [6.07, 6.45) is 0. The molecule has 0 saturated carbocycles. The van der Waals surface area contributed by atoms with E-state index in [-0.39, 0.29) is 11.3 Å². The Balaban J connectivity index is 3.07. The van der Waals surface area contributed by atoms with Crippen LogP contribution in [0.1, 0.15) is 10.4 Å². The van der Waals surface area contributed by atoms with Crippen LogP contribution < -0.4 is 0 Å². The zero-order valence-corrected chi connectivity index (χ0v) is 11.1. The Morgan fingerprint density at radius 1 is 1.11 bits per heavy atom. The molecule has 0 radical (unpaired) electrons. The molecule has 0 fully saturated rings. The summed E-state index contributed by atoms with van der Waals surface area (Å²) in [5, 5.41) is 26.9. The van der Waals surface area contributed by atoms with Gasteiger partial charge in [0.05, 0.1) is 5.56 Å². The Kier molecular flexibility index (Phi) is 4.87. The highest BCUT2D eigenvalue weighted by atomic mass is 79.9. The maximum atomic E-state index is 12.0. The number of aromatic hydroxyl groups is 1. The lowest BCUT2D eigenvalue weighted by Gasteiger charge is -2.19. The lowest BCUT2D eigenvalue weighted by molar-refractivity contribution is -0.140. The molecule has 1 amide bonds. The number of aliphatic carboxylic acids is 2. The molecule has 7 nitrogen and oxygen atoms in total. The molecule has 0 unspecified atom stereocenters. The third-order valence-electron chi connectivity index (χ3n) is 2.13. The summed E-state index contributed by atoms with van der Waals surface area (Å²) in [6, 6.07) is 4.02. The molecule has 1 aromatic carbocycles. The Bertz CT molecular complexity index is 514. The van der Waals surface area contributed by atoms with E-state index in [1.54, 1.807) is 0 Å². The molecule has 0 atom stereocenters. The highest BCUT2D eigenvalue weighted by molar-refractivity contribution is 9.10. The maximum absolute atomic E-state index is 12.0. The highest BCUT2D eigenvalue weighted by Crippen LogP contribution is 2.23. The fourth-order valence-corrected chi connectivity index (χ4v) is 1.74. The number of nitrogens with zero attached hydrogens (tertiary/aromatic N) is 1. The standard InChI is InChI=1S/C11H10BrNO6/c12-6-1-2-8(14)7(3-6)11(19)13(4-9(15)16)5-10(17)18/h1-3,14H,4-5H2,(H,15,16)(H,17,18). The molecule has 19 heavy (non-hydrogen) atoms. The van der Waals surface area contributed by atoms with Gasteiger partial charge in [0.1, 0.15) is 18.8 Å². The van der Waals surface area contributed by atoms with Crippen molar-refractivity contribution in [3.63, 3.8) is 0 Å². The predicted octanol–water partition coefficient (Wildman–Crippen LogP) is 0.766. The number of halogens is 1. The van der Waals surface area contributed by atoms with Crippen molar-refractivity contribution in [3.8, 4) is 5.75 Å². The van der Waals surface area contributed by atoms with E-state index in [0.717, 1.165) is 0 Å². The first-order chi connectivity index (χ1) is 8.81. The van der Waals surface area contributed by atoms with Gasteiger partial charge in [-0.2, -0.15) is 0 Å². The second-order valence-corrected chi connectivity index (χ2v) is 4.53. The van der Waals surface area contributed by atoms with E-state index in [1.165, 1.54) is 18.2 Å². The van der Waals surface area contributed by atoms with Crippen molar-refractivity contribution >= 4 is 33.8 Å². The van der Waals surface area contributed by atoms with Crippen LogP contribution in [0.25, 0.3) is 0 Å². The van der Waals surface area contributed by atoms with Crippen molar-refractivity contribution < 1.29 is 29.7 Å². The second-order valence-electron chi connectivity index (χ2n) is 3.61. The van der Waals surface area contributed by atoms with Crippen molar-refractivity contribution in [2.24, 2.45) is 0 Å². The molecule has 0 aliphatic rings. The van der Waals surface area contributed by atoms with E-state index in [9.17, 15) is 19.5 Å². The topological polar surface area (TPSA) is 115 Å². The van der Waals surface area contributed by atoms with E-state index in [2.05, 4.69) is 15.9 Å². The van der Waals surface area contributed by atoms with Gasteiger partial charge in [0.15, 0.2) is 0 Å². The van der Waals surface area contributed by atoms with E-state index in [0.29, 0.717) is 9.37 Å². The molecule has 0 aromatic heterocycles. The van der Waals surface area contributed by atoms with Crippen molar-refractivity contribution in [3.05, 3.63) is 28.2 Å². The minimum absolute atomic E-state index is 0.170. The number of hydrogen-bond acceptors (Lipinski definition) is 4. The minimum Gasteiger partial charge on any atom is -0.507 e. The van der Waals surface area contributed by atoms with Gasteiger partial charge in [0.2, 0.25) is 0 Å². The number of carbonyl (C=O) groups excluding carboxylic acids is 1. The number of carbonyl (C=O) groups is 3. The second kappa shape index (κ2) is 6.19. The minimum atomic E-state index is -1.34. The zero-order valence-electron chi connectivity index (χ0n) is 9.54. The van der Waals surface area contributed by atoms with E-state index in [1.807, 2.05) is 0 Å². The fourth-order valence-electron chi connectivity index (χ4n) is 1.38. The summed E-state index contributed by atoms with van der Waals surface area (Å²) in [7, 11) is 0. The molecule has 8 heteroatoms. The fraction of sp³-hybridized carbons (Fsp3) is 0.182. The van der Waals surface area contributed by atoms with Crippen LogP contribution in [0, 0.1) is 0 Å². The van der Waals surface area contributed by atoms with Crippen LogP contribution in [0.5, 0.6) is 5.75 Å². The predicted molar refractivity (Wildman–Crippen MR) is 67.0 cm³/mol.